The van der Waals surface area contributed by atoms with Gasteiger partial charge in [0.15, 0.2) is 6.61 Å². The molecule has 8 heteroatoms. The molecule has 200 valence electrons. The van der Waals surface area contributed by atoms with E-state index in [0.29, 0.717) is 29.5 Å². The number of esters is 1. The topological polar surface area (TPSA) is 103 Å². The van der Waals surface area contributed by atoms with Gasteiger partial charge in [0.1, 0.15) is 17.2 Å². The average Bonchev–Trinajstić information content (AvgIpc) is 2.88. The van der Waals surface area contributed by atoms with Crippen LogP contribution in [0, 0.1) is 0 Å². The number of ether oxygens (including phenoxy) is 3. The molecule has 0 spiro atoms. The van der Waals surface area contributed by atoms with Gasteiger partial charge in [-0.2, -0.15) is 0 Å². The number of anilines is 2. The van der Waals surface area contributed by atoms with Crippen LogP contribution in [0.5, 0.6) is 17.2 Å². The fourth-order valence-corrected chi connectivity index (χ4v) is 3.42. The van der Waals surface area contributed by atoms with E-state index >= 15 is 0 Å². The van der Waals surface area contributed by atoms with Crippen LogP contribution < -0.4 is 20.1 Å². The van der Waals surface area contributed by atoms with Crippen molar-refractivity contribution in [1.29, 1.82) is 0 Å². The summed E-state index contributed by atoms with van der Waals surface area (Å²) in [5.41, 5.74) is 2.43. The third-order valence-electron chi connectivity index (χ3n) is 5.46. The first-order valence-electron chi connectivity index (χ1n) is 12.5. The average molecular weight is 519 g/mol. The summed E-state index contributed by atoms with van der Waals surface area (Å²) in [6, 6.07) is 21.8. The van der Waals surface area contributed by atoms with Gasteiger partial charge in [-0.25, -0.2) is 0 Å². The summed E-state index contributed by atoms with van der Waals surface area (Å²) in [6.07, 6.45) is -0.217. The molecule has 38 heavy (non-hydrogen) atoms. The molecule has 0 atom stereocenters. The summed E-state index contributed by atoms with van der Waals surface area (Å²) in [7, 11) is 0. The van der Waals surface area contributed by atoms with Crippen molar-refractivity contribution in [1.82, 2.24) is 0 Å². The monoisotopic (exact) mass is 518 g/mol. The second-order valence-corrected chi connectivity index (χ2v) is 9.62. The van der Waals surface area contributed by atoms with Crippen LogP contribution in [0.3, 0.4) is 0 Å². The molecule has 0 aliphatic carbocycles. The number of carbonyl (C=O) groups is 3. The van der Waals surface area contributed by atoms with Gasteiger partial charge in [0.25, 0.3) is 5.91 Å². The van der Waals surface area contributed by atoms with Crippen LogP contribution in [0.4, 0.5) is 11.4 Å². The van der Waals surface area contributed by atoms with Gasteiger partial charge in [-0.05, 0) is 78.6 Å². The zero-order chi connectivity index (χ0) is 27.5. The Morgan fingerprint density at radius 2 is 1.18 bits per heavy atom. The molecule has 8 nitrogen and oxygen atoms in total. The number of carbonyl (C=O) groups excluding carboxylic acids is 3. The van der Waals surface area contributed by atoms with Crippen molar-refractivity contribution in [3.8, 4) is 17.2 Å². The number of rotatable bonds is 11. The van der Waals surface area contributed by atoms with E-state index in [4.69, 9.17) is 14.2 Å². The molecular formula is C30H34N2O6. The third-order valence-corrected chi connectivity index (χ3v) is 5.46. The molecule has 3 aromatic rings. The van der Waals surface area contributed by atoms with Gasteiger partial charge in [-0.1, -0.05) is 32.9 Å². The first kappa shape index (κ1) is 28.2. The summed E-state index contributed by atoms with van der Waals surface area (Å²) in [6.45, 7) is 8.47. The van der Waals surface area contributed by atoms with Crippen molar-refractivity contribution in [2.75, 3.05) is 23.8 Å². The number of nitrogens with one attached hydrogen (secondary N) is 2. The second kappa shape index (κ2) is 13.3. The predicted octanol–water partition coefficient (Wildman–Crippen LogP) is 6.08. The fraction of sp³-hybridized carbons (Fsp3) is 0.300. The van der Waals surface area contributed by atoms with Gasteiger partial charge in [0.05, 0.1) is 13.0 Å². The summed E-state index contributed by atoms with van der Waals surface area (Å²) >= 11 is 0. The van der Waals surface area contributed by atoms with E-state index in [1.54, 1.807) is 48.5 Å². The summed E-state index contributed by atoms with van der Waals surface area (Å²) in [4.78, 5) is 36.2. The largest absolute Gasteiger partial charge is 0.494 e. The summed E-state index contributed by atoms with van der Waals surface area (Å²) < 4.78 is 16.2. The lowest BCUT2D eigenvalue weighted by molar-refractivity contribution is -0.147. The molecule has 0 bridgehead atoms. The molecule has 0 aliphatic rings. The van der Waals surface area contributed by atoms with E-state index < -0.39 is 18.5 Å². The Morgan fingerprint density at radius 1 is 0.684 bits per heavy atom. The Labute approximate surface area is 223 Å². The first-order chi connectivity index (χ1) is 18.1. The lowest BCUT2D eigenvalue weighted by Crippen LogP contribution is -2.21. The zero-order valence-electron chi connectivity index (χ0n) is 22.2. The molecule has 0 heterocycles. The minimum atomic E-state index is -0.636. The van der Waals surface area contributed by atoms with Crippen molar-refractivity contribution in [2.24, 2.45) is 0 Å². The van der Waals surface area contributed by atoms with Crippen molar-refractivity contribution >= 4 is 29.2 Å². The molecule has 0 saturated carbocycles. The highest BCUT2D eigenvalue weighted by Crippen LogP contribution is 2.27. The smallest absolute Gasteiger partial charge is 0.306 e. The van der Waals surface area contributed by atoms with Gasteiger partial charge < -0.3 is 24.8 Å². The standard InChI is InChI=1S/C30H34N2O6/c1-5-36-24-14-8-23(9-15-24)32-28(34)20-37-29(35)19-18-27(33)31-22-10-16-26(17-11-22)38-25-12-6-21(7-13-25)30(2,3)4/h6-17H,5,18-20H2,1-4H3,(H,31,33)(H,32,34). The summed E-state index contributed by atoms with van der Waals surface area (Å²) in [5, 5.41) is 5.36. The SMILES string of the molecule is CCOc1ccc(NC(=O)COC(=O)CCC(=O)Nc2ccc(Oc3ccc(C(C)(C)C)cc3)cc2)cc1. The van der Waals surface area contributed by atoms with Crippen molar-refractivity contribution in [2.45, 2.75) is 46.0 Å². The minimum Gasteiger partial charge on any atom is -0.494 e. The van der Waals surface area contributed by atoms with Crippen LogP contribution >= 0.6 is 0 Å². The van der Waals surface area contributed by atoms with Crippen LogP contribution in [0.2, 0.25) is 0 Å². The highest BCUT2D eigenvalue weighted by atomic mass is 16.5. The van der Waals surface area contributed by atoms with Crippen LogP contribution in [-0.4, -0.2) is 31.0 Å². The molecule has 2 N–H and O–H groups in total. The van der Waals surface area contributed by atoms with Crippen LogP contribution in [0.25, 0.3) is 0 Å². The van der Waals surface area contributed by atoms with Crippen molar-refractivity contribution in [3.63, 3.8) is 0 Å². The minimum absolute atomic E-state index is 0.0707. The molecule has 3 aromatic carbocycles. The van der Waals surface area contributed by atoms with E-state index in [-0.39, 0.29) is 24.2 Å². The van der Waals surface area contributed by atoms with Gasteiger partial charge in [-0.15, -0.1) is 0 Å². The molecule has 0 radical (unpaired) electrons. The third kappa shape index (κ3) is 9.28. The maximum Gasteiger partial charge on any atom is 0.306 e. The van der Waals surface area contributed by atoms with E-state index in [1.165, 1.54) is 5.56 Å². The van der Waals surface area contributed by atoms with Crippen LogP contribution in [0.15, 0.2) is 72.8 Å². The molecule has 2 amide bonds. The molecule has 3 rings (SSSR count). The van der Waals surface area contributed by atoms with Gasteiger partial charge in [0.2, 0.25) is 5.91 Å². The molecule has 0 fully saturated rings. The van der Waals surface area contributed by atoms with Gasteiger partial charge in [0, 0.05) is 17.8 Å². The first-order valence-corrected chi connectivity index (χ1v) is 12.5. The molecule has 0 saturated heterocycles. The Morgan fingerprint density at radius 3 is 1.71 bits per heavy atom. The number of hydrogen-bond donors (Lipinski definition) is 2. The highest BCUT2D eigenvalue weighted by molar-refractivity contribution is 5.94. The van der Waals surface area contributed by atoms with E-state index in [9.17, 15) is 14.4 Å². The normalized spacial score (nSPS) is 10.8. The van der Waals surface area contributed by atoms with Crippen molar-refractivity contribution in [3.05, 3.63) is 78.4 Å². The van der Waals surface area contributed by atoms with E-state index in [2.05, 4.69) is 31.4 Å². The lowest BCUT2D eigenvalue weighted by atomic mass is 9.87. The quantitative estimate of drug-likeness (QED) is 0.299. The fourth-order valence-electron chi connectivity index (χ4n) is 3.42. The van der Waals surface area contributed by atoms with Gasteiger partial charge in [-0.3, -0.25) is 14.4 Å². The van der Waals surface area contributed by atoms with Crippen molar-refractivity contribution < 1.29 is 28.6 Å². The van der Waals surface area contributed by atoms with E-state index in [1.807, 2.05) is 31.2 Å². The number of hydrogen-bond acceptors (Lipinski definition) is 6. The summed E-state index contributed by atoms with van der Waals surface area (Å²) in [5.74, 6) is 0.608. The molecular weight excluding hydrogens is 484 g/mol. The molecule has 0 aliphatic heterocycles. The Balaban J connectivity index is 1.36. The van der Waals surface area contributed by atoms with Gasteiger partial charge >= 0.3 is 5.97 Å². The molecule has 0 aromatic heterocycles. The molecule has 0 unspecified atom stereocenters. The number of benzene rings is 3. The van der Waals surface area contributed by atoms with E-state index in [0.717, 1.165) is 5.75 Å². The Hall–Kier alpha value is -4.33. The highest BCUT2D eigenvalue weighted by Gasteiger charge is 2.14. The Bertz CT molecular complexity index is 1210. The number of amides is 2. The maximum atomic E-state index is 12.2. The lowest BCUT2D eigenvalue weighted by Gasteiger charge is -2.19. The Kier molecular flexibility index (Phi) is 9.87. The van der Waals surface area contributed by atoms with Crippen LogP contribution in [0.1, 0.15) is 46.1 Å². The predicted molar refractivity (Wildman–Crippen MR) is 147 cm³/mol. The zero-order valence-corrected chi connectivity index (χ0v) is 22.2. The van der Waals surface area contributed by atoms with Crippen LogP contribution in [-0.2, 0) is 24.5 Å². The second-order valence-electron chi connectivity index (χ2n) is 9.62. The maximum absolute atomic E-state index is 12.2.